The predicted molar refractivity (Wildman–Crippen MR) is 115 cm³/mol. The highest BCUT2D eigenvalue weighted by atomic mass is 79.9. The van der Waals surface area contributed by atoms with Crippen molar-refractivity contribution in [3.05, 3.63) is 50.3 Å². The van der Waals surface area contributed by atoms with Crippen LogP contribution in [0.2, 0.25) is 0 Å². The second kappa shape index (κ2) is 9.80. The Kier molecular flexibility index (Phi) is 7.16. The summed E-state index contributed by atoms with van der Waals surface area (Å²) in [5, 5.41) is 6.71. The summed E-state index contributed by atoms with van der Waals surface area (Å²) in [7, 11) is 0. The first-order chi connectivity index (χ1) is 14.0. The molecule has 29 heavy (non-hydrogen) atoms. The van der Waals surface area contributed by atoms with Crippen LogP contribution in [0.1, 0.15) is 46.1 Å². The van der Waals surface area contributed by atoms with Gasteiger partial charge in [0, 0.05) is 9.35 Å². The van der Waals surface area contributed by atoms with Crippen LogP contribution in [0.15, 0.2) is 33.8 Å². The van der Waals surface area contributed by atoms with E-state index in [-0.39, 0.29) is 6.61 Å². The van der Waals surface area contributed by atoms with Gasteiger partial charge in [0.05, 0.1) is 18.4 Å². The number of carbonyl (C=O) groups is 3. The zero-order valence-electron chi connectivity index (χ0n) is 15.8. The van der Waals surface area contributed by atoms with E-state index < -0.39 is 17.8 Å². The fourth-order valence-electron chi connectivity index (χ4n) is 3.04. The molecule has 2 N–H and O–H groups in total. The van der Waals surface area contributed by atoms with Crippen LogP contribution in [0, 0.1) is 0 Å². The average Bonchev–Trinajstić information content (AvgIpc) is 3.06. The number of hydrogen-bond donors (Lipinski definition) is 2. The third kappa shape index (κ3) is 5.30. The van der Waals surface area contributed by atoms with Gasteiger partial charge in [-0.05, 0) is 55.9 Å². The van der Waals surface area contributed by atoms with E-state index in [9.17, 15) is 14.4 Å². The van der Waals surface area contributed by atoms with Crippen molar-refractivity contribution in [2.75, 3.05) is 11.9 Å². The number of anilines is 1. The molecule has 0 radical (unpaired) electrons. The molecule has 0 saturated heterocycles. The maximum atomic E-state index is 12.4. The van der Waals surface area contributed by atoms with E-state index in [2.05, 4.69) is 31.8 Å². The molecule has 3 rings (SSSR count). The molecule has 2 aromatic rings. The molecule has 0 spiro atoms. The lowest BCUT2D eigenvalue weighted by atomic mass is 9.95. The molecule has 1 aromatic carbocycles. The fourth-order valence-corrected chi connectivity index (χ4v) is 4.73. The van der Waals surface area contributed by atoms with Gasteiger partial charge in [-0.3, -0.25) is 9.59 Å². The highest BCUT2D eigenvalue weighted by Gasteiger charge is 2.28. The Morgan fingerprint density at radius 1 is 1.24 bits per heavy atom. The smallest absolute Gasteiger partial charge is 0.341 e. The molecule has 0 bridgehead atoms. The van der Waals surface area contributed by atoms with Crippen LogP contribution in [0.5, 0.6) is 0 Å². The number of halogens is 1. The van der Waals surface area contributed by atoms with Crippen molar-refractivity contribution >= 4 is 56.3 Å². The molecular formula is C20H20BrN3O4S. The topological polar surface area (TPSA) is 96.9 Å². The lowest BCUT2D eigenvalue weighted by Crippen LogP contribution is -2.32. The molecule has 1 heterocycles. The van der Waals surface area contributed by atoms with Crippen molar-refractivity contribution in [2.45, 2.75) is 32.6 Å². The molecule has 0 aliphatic heterocycles. The number of nitrogens with zero attached hydrogens (tertiary/aromatic N) is 1. The number of esters is 1. The van der Waals surface area contributed by atoms with Crippen LogP contribution >= 0.6 is 27.3 Å². The van der Waals surface area contributed by atoms with Crippen LogP contribution in [0.3, 0.4) is 0 Å². The standard InChI is InChI=1S/C20H20BrN3O4S/c1-2-28-20(27)16-14-8-3-4-9-15(14)29-19(16)23-17(25)18(26)24-22-11-12-6-5-7-13(21)10-12/h5-7,10-11H,2-4,8-9H2,1H3,(H,23,25)(H,24,26)/b22-11-. The van der Waals surface area contributed by atoms with E-state index in [4.69, 9.17) is 4.74 Å². The SMILES string of the molecule is CCOC(=O)c1c(NC(=O)C(=O)N/N=C\c2cccc(Br)c2)sc2c1CCCC2. The summed E-state index contributed by atoms with van der Waals surface area (Å²) >= 11 is 4.67. The quantitative estimate of drug-likeness (QED) is 0.297. The van der Waals surface area contributed by atoms with Crippen molar-refractivity contribution < 1.29 is 19.1 Å². The fraction of sp³-hybridized carbons (Fsp3) is 0.300. The number of carbonyl (C=O) groups excluding carboxylic acids is 3. The number of amides is 2. The maximum Gasteiger partial charge on any atom is 0.341 e. The van der Waals surface area contributed by atoms with Gasteiger partial charge in [0.25, 0.3) is 0 Å². The van der Waals surface area contributed by atoms with Crippen molar-refractivity contribution in [1.29, 1.82) is 0 Å². The van der Waals surface area contributed by atoms with E-state index in [0.29, 0.717) is 10.6 Å². The molecule has 7 nitrogen and oxygen atoms in total. The van der Waals surface area contributed by atoms with Gasteiger partial charge in [-0.2, -0.15) is 5.10 Å². The number of thiophene rings is 1. The Bertz CT molecular complexity index is 971. The van der Waals surface area contributed by atoms with Gasteiger partial charge in [-0.1, -0.05) is 28.1 Å². The summed E-state index contributed by atoms with van der Waals surface area (Å²) in [6.07, 6.45) is 5.07. The van der Waals surface area contributed by atoms with Crippen LogP contribution < -0.4 is 10.7 Å². The second-order valence-corrected chi connectivity index (χ2v) is 8.36. The Morgan fingerprint density at radius 3 is 2.79 bits per heavy atom. The van der Waals surface area contributed by atoms with Crippen LogP contribution in [-0.4, -0.2) is 30.6 Å². The van der Waals surface area contributed by atoms with Crippen LogP contribution in [0.4, 0.5) is 5.00 Å². The number of fused-ring (bicyclic) bond motifs is 1. The molecule has 0 saturated carbocycles. The molecule has 152 valence electrons. The van der Waals surface area contributed by atoms with Gasteiger partial charge in [0.1, 0.15) is 5.00 Å². The number of hydrazone groups is 1. The maximum absolute atomic E-state index is 12.4. The Hall–Kier alpha value is -2.52. The van der Waals surface area contributed by atoms with Crippen LogP contribution in [-0.2, 0) is 27.2 Å². The first-order valence-electron chi connectivity index (χ1n) is 9.21. The summed E-state index contributed by atoms with van der Waals surface area (Å²) in [6, 6.07) is 7.32. The minimum absolute atomic E-state index is 0.238. The molecule has 0 fully saturated rings. The summed E-state index contributed by atoms with van der Waals surface area (Å²) in [5.74, 6) is -2.28. The Balaban J connectivity index is 1.70. The van der Waals surface area contributed by atoms with Gasteiger partial charge in [0.15, 0.2) is 0 Å². The van der Waals surface area contributed by atoms with E-state index in [1.807, 2.05) is 24.3 Å². The van der Waals surface area contributed by atoms with E-state index in [0.717, 1.165) is 46.2 Å². The van der Waals surface area contributed by atoms with Gasteiger partial charge < -0.3 is 10.1 Å². The van der Waals surface area contributed by atoms with E-state index in [1.54, 1.807) is 6.92 Å². The molecule has 1 aliphatic rings. The van der Waals surface area contributed by atoms with Crippen molar-refractivity contribution in [1.82, 2.24) is 5.43 Å². The van der Waals surface area contributed by atoms with Gasteiger partial charge in [-0.15, -0.1) is 11.3 Å². The summed E-state index contributed by atoms with van der Waals surface area (Å²) < 4.78 is 6.02. The normalized spacial score (nSPS) is 13.0. The minimum atomic E-state index is -0.919. The van der Waals surface area contributed by atoms with Gasteiger partial charge >= 0.3 is 17.8 Å². The molecule has 2 amide bonds. The molecule has 0 unspecified atom stereocenters. The zero-order chi connectivity index (χ0) is 20.8. The largest absolute Gasteiger partial charge is 0.462 e. The second-order valence-electron chi connectivity index (χ2n) is 6.34. The van der Waals surface area contributed by atoms with Crippen molar-refractivity contribution in [3.8, 4) is 0 Å². The Labute approximate surface area is 180 Å². The van der Waals surface area contributed by atoms with Gasteiger partial charge in [0.2, 0.25) is 0 Å². The highest BCUT2D eigenvalue weighted by molar-refractivity contribution is 9.10. The molecular weight excluding hydrogens is 458 g/mol. The Morgan fingerprint density at radius 2 is 2.03 bits per heavy atom. The molecule has 9 heteroatoms. The number of aryl methyl sites for hydroxylation is 1. The van der Waals surface area contributed by atoms with E-state index >= 15 is 0 Å². The third-order valence-electron chi connectivity index (χ3n) is 4.31. The highest BCUT2D eigenvalue weighted by Crippen LogP contribution is 2.38. The summed E-state index contributed by atoms with van der Waals surface area (Å²) in [4.78, 5) is 37.9. The third-order valence-corrected chi connectivity index (χ3v) is 6.01. The lowest BCUT2D eigenvalue weighted by Gasteiger charge is -2.12. The zero-order valence-corrected chi connectivity index (χ0v) is 18.2. The number of ether oxygens (including phenoxy) is 1. The predicted octanol–water partition coefficient (Wildman–Crippen LogP) is 3.65. The first kappa shape index (κ1) is 21.2. The number of rotatable bonds is 5. The minimum Gasteiger partial charge on any atom is -0.462 e. The van der Waals surface area contributed by atoms with Crippen molar-refractivity contribution in [3.63, 3.8) is 0 Å². The number of nitrogens with one attached hydrogen (secondary N) is 2. The molecule has 0 atom stereocenters. The number of benzene rings is 1. The molecule has 1 aliphatic carbocycles. The summed E-state index contributed by atoms with van der Waals surface area (Å²) in [5.41, 5.74) is 4.24. The first-order valence-corrected chi connectivity index (χ1v) is 10.8. The van der Waals surface area contributed by atoms with E-state index in [1.165, 1.54) is 17.6 Å². The lowest BCUT2D eigenvalue weighted by molar-refractivity contribution is -0.136. The number of hydrogen-bond acceptors (Lipinski definition) is 6. The van der Waals surface area contributed by atoms with Crippen LogP contribution in [0.25, 0.3) is 0 Å². The van der Waals surface area contributed by atoms with Gasteiger partial charge in [-0.25, -0.2) is 10.2 Å². The summed E-state index contributed by atoms with van der Waals surface area (Å²) in [6.45, 7) is 1.97. The van der Waals surface area contributed by atoms with Crippen molar-refractivity contribution in [2.24, 2.45) is 5.10 Å². The monoisotopic (exact) mass is 477 g/mol. The average molecular weight is 478 g/mol. The molecule has 1 aromatic heterocycles.